The average Bonchev–Trinajstić information content (AvgIpc) is 0.811. The molecule has 1 N–H and O–H groups in total. The van der Waals surface area contributed by atoms with Gasteiger partial charge in [0, 0.05) is 89.1 Å². The van der Waals surface area contributed by atoms with E-state index >= 15 is 0 Å². The Hall–Kier alpha value is 2.18. The fourth-order valence-electron chi connectivity index (χ4n) is 0. The van der Waals surface area contributed by atoms with Gasteiger partial charge in [0.05, 0.1) is 0 Å². The molecule has 0 spiro atoms. The van der Waals surface area contributed by atoms with Crippen LogP contribution < -0.4 is 0 Å². The van der Waals surface area contributed by atoms with Crippen LogP contribution in [0.15, 0.2) is 0 Å². The van der Waals surface area contributed by atoms with Gasteiger partial charge in [-0.05, 0) is 0 Å². The molecule has 0 rings (SSSR count). The second kappa shape index (κ2) is 10.2. The van der Waals surface area contributed by atoms with E-state index in [4.69, 9.17) is 9.90 Å². The molecule has 0 fully saturated rings. The normalized spacial score (nSPS) is 4.17. The fourth-order valence-corrected chi connectivity index (χ4v) is 0. The molecule has 0 radical (unpaired) electrons. The summed E-state index contributed by atoms with van der Waals surface area (Å²) in [6.07, 6.45) is 0. The molecule has 0 heterocycles. The molecule has 0 saturated heterocycles. The fraction of sp³-hybridized carbons (Fsp3) is 0.500. The zero-order valence-corrected chi connectivity index (χ0v) is 9.02. The molecule has 4 heteroatoms. The number of rotatable bonds is 0. The molecule has 0 aromatic rings. The van der Waals surface area contributed by atoms with Gasteiger partial charge in [0.25, 0.3) is 5.97 Å². The van der Waals surface area contributed by atoms with Gasteiger partial charge in [0.2, 0.25) is 0 Å². The van der Waals surface area contributed by atoms with Crippen LogP contribution >= 0.6 is 0 Å². The minimum absolute atomic E-state index is 0. The summed E-state index contributed by atoms with van der Waals surface area (Å²) in [5, 5.41) is 7.42. The molecule has 0 aliphatic carbocycles. The third-order valence-electron chi connectivity index (χ3n) is 0. The van der Waals surface area contributed by atoms with E-state index in [-0.39, 0.29) is 82.1 Å². The molecular weight excluding hydrogens is 346 g/mol. The Kier molecular flexibility index (Phi) is 26.8. The number of carboxylic acid groups (broad SMARTS) is 1. The summed E-state index contributed by atoms with van der Waals surface area (Å²) < 4.78 is 0. The molecule has 0 aliphatic rings. The molecule has 0 atom stereocenters. The molecule has 34 valence electrons. The van der Waals surface area contributed by atoms with E-state index in [1.165, 1.54) is 0 Å². The van der Waals surface area contributed by atoms with Gasteiger partial charge < -0.3 is 5.11 Å². The SMILES string of the molecule is CC(=O)O.[Ce].[Sm]. The first-order chi connectivity index (χ1) is 1.73. The molecule has 0 bridgehead atoms. The smallest absolute Gasteiger partial charge is 0.300 e. The summed E-state index contributed by atoms with van der Waals surface area (Å²) in [5.41, 5.74) is 0. The second-order valence-electron chi connectivity index (χ2n) is 0.519. The summed E-state index contributed by atoms with van der Waals surface area (Å²) in [6, 6.07) is 0. The van der Waals surface area contributed by atoms with Crippen LogP contribution in [-0.2, 0) is 4.79 Å². The Labute approximate surface area is 103 Å². The van der Waals surface area contributed by atoms with Crippen molar-refractivity contribution >= 4 is 5.97 Å². The van der Waals surface area contributed by atoms with Crippen LogP contribution in [0.3, 0.4) is 0 Å². The van der Waals surface area contributed by atoms with Crippen molar-refractivity contribution in [2.75, 3.05) is 0 Å². The van der Waals surface area contributed by atoms with Gasteiger partial charge in [-0.1, -0.05) is 0 Å². The van der Waals surface area contributed by atoms with E-state index in [9.17, 15) is 0 Å². The van der Waals surface area contributed by atoms with Gasteiger partial charge in [-0.2, -0.15) is 0 Å². The van der Waals surface area contributed by atoms with Crippen molar-refractivity contribution in [3.05, 3.63) is 0 Å². The number of hydrogen-bond acceptors (Lipinski definition) is 1. The van der Waals surface area contributed by atoms with Gasteiger partial charge >= 0.3 is 0 Å². The molecule has 0 amide bonds. The predicted octanol–water partition coefficient (Wildman–Crippen LogP) is 0.0909. The second-order valence-corrected chi connectivity index (χ2v) is 0.519. The van der Waals surface area contributed by atoms with Crippen molar-refractivity contribution < 1.29 is 92.0 Å². The summed E-state index contributed by atoms with van der Waals surface area (Å²) in [7, 11) is 0. The summed E-state index contributed by atoms with van der Waals surface area (Å²) in [4.78, 5) is 9.00. The maximum atomic E-state index is 9.00. The van der Waals surface area contributed by atoms with Crippen LogP contribution in [0.4, 0.5) is 0 Å². The van der Waals surface area contributed by atoms with E-state index in [1.807, 2.05) is 0 Å². The number of carboxylic acids is 1. The Bertz CT molecular complexity index is 34.5. The third-order valence-corrected chi connectivity index (χ3v) is 0. The van der Waals surface area contributed by atoms with Gasteiger partial charge in [-0.15, -0.1) is 0 Å². The van der Waals surface area contributed by atoms with Crippen LogP contribution in [0, 0.1) is 82.1 Å². The van der Waals surface area contributed by atoms with Gasteiger partial charge in [-0.3, -0.25) is 4.79 Å². The van der Waals surface area contributed by atoms with E-state index in [0.29, 0.717) is 0 Å². The zero-order valence-electron chi connectivity index (χ0n) is 3.26. The minimum Gasteiger partial charge on any atom is -0.481 e. The number of carbonyl (C=O) groups is 1. The largest absolute Gasteiger partial charge is 0.481 e. The Morgan fingerprint density at radius 1 is 1.67 bits per heavy atom. The predicted molar refractivity (Wildman–Crippen MR) is 13.3 cm³/mol. The average molecular weight is 351 g/mol. The van der Waals surface area contributed by atoms with E-state index in [1.54, 1.807) is 0 Å². The quantitative estimate of drug-likeness (QED) is 0.672. The molecule has 0 unspecified atom stereocenters. The molecule has 6 heavy (non-hydrogen) atoms. The van der Waals surface area contributed by atoms with Crippen molar-refractivity contribution in [2.24, 2.45) is 0 Å². The van der Waals surface area contributed by atoms with Gasteiger partial charge in [0.1, 0.15) is 0 Å². The molecule has 0 aromatic heterocycles. The van der Waals surface area contributed by atoms with Crippen LogP contribution in [0.1, 0.15) is 6.92 Å². The monoisotopic (exact) mass is 352 g/mol. The summed E-state index contributed by atoms with van der Waals surface area (Å²) in [5.74, 6) is -0.833. The summed E-state index contributed by atoms with van der Waals surface area (Å²) >= 11 is 0. The number of hydrogen-bond donors (Lipinski definition) is 1. The molecule has 0 aliphatic heterocycles. The van der Waals surface area contributed by atoms with Gasteiger partial charge in [0.15, 0.2) is 0 Å². The van der Waals surface area contributed by atoms with E-state index in [0.717, 1.165) is 6.92 Å². The first kappa shape index (κ1) is 15.7. The van der Waals surface area contributed by atoms with Crippen molar-refractivity contribution in [3.8, 4) is 0 Å². The van der Waals surface area contributed by atoms with Crippen molar-refractivity contribution in [2.45, 2.75) is 6.92 Å². The van der Waals surface area contributed by atoms with Crippen LogP contribution in [0.2, 0.25) is 0 Å². The summed E-state index contributed by atoms with van der Waals surface area (Å²) in [6.45, 7) is 1.08. The molecule has 0 aromatic carbocycles. The number of aliphatic carboxylic acids is 1. The minimum atomic E-state index is -0.833. The van der Waals surface area contributed by atoms with Crippen molar-refractivity contribution in [1.82, 2.24) is 0 Å². The topological polar surface area (TPSA) is 37.3 Å². The van der Waals surface area contributed by atoms with Crippen molar-refractivity contribution in [1.29, 1.82) is 0 Å². The van der Waals surface area contributed by atoms with Crippen LogP contribution in [0.25, 0.3) is 0 Å². The molecule has 0 saturated carbocycles. The Balaban J connectivity index is -0.0000000450. The first-order valence-electron chi connectivity index (χ1n) is 0.928. The molecule has 2 nitrogen and oxygen atoms in total. The maximum absolute atomic E-state index is 9.00. The third kappa shape index (κ3) is 34.8. The molecular formula is C2H4CeO2Sm. The van der Waals surface area contributed by atoms with Gasteiger partial charge in [-0.25, -0.2) is 0 Å². The first-order valence-corrected chi connectivity index (χ1v) is 0.928. The van der Waals surface area contributed by atoms with E-state index < -0.39 is 5.97 Å². The van der Waals surface area contributed by atoms with Crippen molar-refractivity contribution in [3.63, 3.8) is 0 Å². The Morgan fingerprint density at radius 2 is 1.67 bits per heavy atom. The standard InChI is InChI=1S/C2H4O2.Ce.Sm/c1-2(3)4;;/h1H3,(H,3,4);;. The maximum Gasteiger partial charge on any atom is 0.300 e. The zero-order chi connectivity index (χ0) is 3.58. The van der Waals surface area contributed by atoms with Crippen LogP contribution in [-0.4, -0.2) is 11.1 Å². The van der Waals surface area contributed by atoms with Crippen LogP contribution in [0.5, 0.6) is 0 Å². The van der Waals surface area contributed by atoms with E-state index in [2.05, 4.69) is 0 Å². The Morgan fingerprint density at radius 3 is 1.67 bits per heavy atom.